The molecular formula is C24H24N2O2S. The van der Waals surface area contributed by atoms with Crippen LogP contribution in [0.2, 0.25) is 0 Å². The van der Waals surface area contributed by atoms with Crippen LogP contribution >= 0.6 is 0 Å². The third kappa shape index (κ3) is 5.42. The molecule has 3 aromatic rings. The van der Waals surface area contributed by atoms with Gasteiger partial charge in [-0.3, -0.25) is 0 Å². The van der Waals surface area contributed by atoms with Gasteiger partial charge in [0.2, 0.25) is 0 Å². The molecule has 0 aliphatic carbocycles. The Morgan fingerprint density at radius 3 is 2.03 bits per heavy atom. The van der Waals surface area contributed by atoms with E-state index in [2.05, 4.69) is 46.3 Å². The van der Waals surface area contributed by atoms with Gasteiger partial charge >= 0.3 is 0 Å². The Kier molecular flexibility index (Phi) is 6.29. The maximum atomic E-state index is 12.3. The molecule has 3 aromatic carbocycles. The van der Waals surface area contributed by atoms with Crippen molar-refractivity contribution in [3.05, 3.63) is 96.1 Å². The van der Waals surface area contributed by atoms with E-state index in [9.17, 15) is 8.42 Å². The Morgan fingerprint density at radius 1 is 0.828 bits per heavy atom. The Hall–Kier alpha value is -3.18. The zero-order chi connectivity index (χ0) is 20.9. The first-order chi connectivity index (χ1) is 13.8. The molecule has 29 heavy (non-hydrogen) atoms. The molecule has 0 saturated carbocycles. The van der Waals surface area contributed by atoms with Gasteiger partial charge in [-0.2, -0.15) is 18.4 Å². The summed E-state index contributed by atoms with van der Waals surface area (Å²) in [6.07, 6.45) is 1.86. The molecule has 0 amide bonds. The van der Waals surface area contributed by atoms with Gasteiger partial charge in [0.1, 0.15) is 0 Å². The number of nitrogens with one attached hydrogen (secondary N) is 1. The number of hydrogen-bond acceptors (Lipinski definition) is 3. The summed E-state index contributed by atoms with van der Waals surface area (Å²) in [5.74, 6) is 0. The van der Waals surface area contributed by atoms with Crippen LogP contribution in [-0.4, -0.2) is 14.1 Å². The Labute approximate surface area is 172 Å². The normalized spacial score (nSPS) is 12.7. The lowest BCUT2D eigenvalue weighted by molar-refractivity contribution is 0.584. The van der Waals surface area contributed by atoms with Crippen LogP contribution < -0.4 is 4.83 Å². The lowest BCUT2D eigenvalue weighted by atomic mass is 10.0. The van der Waals surface area contributed by atoms with E-state index >= 15 is 0 Å². The summed E-state index contributed by atoms with van der Waals surface area (Å²) in [5.41, 5.74) is 5.95. The summed E-state index contributed by atoms with van der Waals surface area (Å²) in [4.78, 5) is 2.49. The molecule has 0 saturated heterocycles. The van der Waals surface area contributed by atoms with Crippen molar-refractivity contribution in [3.63, 3.8) is 0 Å². The van der Waals surface area contributed by atoms with E-state index in [0.717, 1.165) is 22.3 Å². The van der Waals surface area contributed by atoms with Gasteiger partial charge in [-0.1, -0.05) is 72.3 Å². The van der Waals surface area contributed by atoms with Gasteiger partial charge in [-0.05, 0) is 61.2 Å². The summed E-state index contributed by atoms with van der Waals surface area (Å²) in [6, 6.07) is 25.1. The van der Waals surface area contributed by atoms with Crippen LogP contribution in [0.4, 0.5) is 0 Å². The minimum atomic E-state index is -3.68. The van der Waals surface area contributed by atoms with Crippen molar-refractivity contribution < 1.29 is 8.42 Å². The number of aryl methyl sites for hydroxylation is 1. The highest BCUT2D eigenvalue weighted by atomic mass is 32.2. The van der Waals surface area contributed by atoms with Gasteiger partial charge in [0, 0.05) is 0 Å². The molecule has 148 valence electrons. The maximum absolute atomic E-state index is 12.3. The molecule has 5 heteroatoms. The van der Waals surface area contributed by atoms with Gasteiger partial charge in [0.25, 0.3) is 10.0 Å². The molecule has 4 nitrogen and oxygen atoms in total. The Balaban J connectivity index is 1.72. The van der Waals surface area contributed by atoms with Gasteiger partial charge < -0.3 is 0 Å². The minimum Gasteiger partial charge on any atom is -0.200 e. The van der Waals surface area contributed by atoms with E-state index in [1.807, 2.05) is 38.1 Å². The van der Waals surface area contributed by atoms with Crippen LogP contribution in [-0.2, 0) is 10.0 Å². The standard InChI is InChI=1S/C24H24N2O2S/c1-18-9-15-24(16-10-18)29(27,28)26-25-20(3)17-19(2)21-11-13-23(14-12-21)22-7-5-4-6-8-22/h4-17,26H,1-3H3/b19-17+,25-20-. The predicted octanol–water partition coefficient (Wildman–Crippen LogP) is 5.42. The fraction of sp³-hybridized carbons (Fsp3) is 0.125. The fourth-order valence-corrected chi connectivity index (χ4v) is 3.75. The number of rotatable bonds is 6. The topological polar surface area (TPSA) is 58.5 Å². The lowest BCUT2D eigenvalue weighted by Crippen LogP contribution is -2.19. The SMILES string of the molecule is CC(/C=C(\C)c1ccc(-c2ccccc2)cc1)=N/NS(=O)(=O)c1ccc(C)cc1. The van der Waals surface area contributed by atoms with Crippen molar-refractivity contribution in [3.8, 4) is 11.1 Å². The Morgan fingerprint density at radius 2 is 1.41 bits per heavy atom. The molecule has 0 fully saturated rings. The molecule has 1 N–H and O–H groups in total. The van der Waals surface area contributed by atoms with Gasteiger partial charge in [0.05, 0.1) is 10.6 Å². The number of allylic oxidation sites excluding steroid dienone is 2. The van der Waals surface area contributed by atoms with E-state index in [0.29, 0.717) is 5.71 Å². The first-order valence-electron chi connectivity index (χ1n) is 9.32. The minimum absolute atomic E-state index is 0.192. The van der Waals surface area contributed by atoms with Gasteiger partial charge in [0.15, 0.2) is 0 Å². The third-order valence-corrected chi connectivity index (χ3v) is 5.77. The zero-order valence-corrected chi connectivity index (χ0v) is 17.6. The molecule has 0 bridgehead atoms. The molecule has 0 unspecified atom stereocenters. The number of sulfonamides is 1. The van der Waals surface area contributed by atoms with Crippen LogP contribution in [0.15, 0.2) is 94.9 Å². The maximum Gasteiger partial charge on any atom is 0.276 e. The molecule has 3 rings (SSSR count). The molecule has 0 aliphatic rings. The average molecular weight is 405 g/mol. The van der Waals surface area contributed by atoms with Gasteiger partial charge in [-0.15, -0.1) is 0 Å². The summed E-state index contributed by atoms with van der Waals surface area (Å²) in [6.45, 7) is 5.65. The molecule has 0 heterocycles. The van der Waals surface area contributed by atoms with Crippen molar-refractivity contribution in [2.45, 2.75) is 25.7 Å². The second kappa shape index (κ2) is 8.88. The van der Waals surface area contributed by atoms with Crippen molar-refractivity contribution in [2.24, 2.45) is 5.10 Å². The van der Waals surface area contributed by atoms with Crippen molar-refractivity contribution in [2.75, 3.05) is 0 Å². The van der Waals surface area contributed by atoms with Crippen LogP contribution in [0.25, 0.3) is 16.7 Å². The highest BCUT2D eigenvalue weighted by molar-refractivity contribution is 7.89. The molecule has 0 aliphatic heterocycles. The molecule has 0 aromatic heterocycles. The fourth-order valence-electron chi connectivity index (χ4n) is 2.89. The van der Waals surface area contributed by atoms with Crippen molar-refractivity contribution in [1.29, 1.82) is 0 Å². The average Bonchev–Trinajstić information content (AvgIpc) is 2.73. The van der Waals surface area contributed by atoms with Crippen molar-refractivity contribution in [1.82, 2.24) is 4.83 Å². The summed E-state index contributed by atoms with van der Waals surface area (Å²) < 4.78 is 24.7. The van der Waals surface area contributed by atoms with Crippen LogP contribution in [0, 0.1) is 6.92 Å². The van der Waals surface area contributed by atoms with E-state index in [1.165, 1.54) is 5.56 Å². The van der Waals surface area contributed by atoms with Crippen LogP contribution in [0.1, 0.15) is 25.0 Å². The number of hydrazone groups is 1. The van der Waals surface area contributed by atoms with E-state index in [4.69, 9.17) is 0 Å². The third-order valence-electron chi connectivity index (χ3n) is 4.55. The molecule has 0 atom stereocenters. The highest BCUT2D eigenvalue weighted by Crippen LogP contribution is 2.22. The summed E-state index contributed by atoms with van der Waals surface area (Å²) in [5, 5.41) is 4.03. The molecular weight excluding hydrogens is 380 g/mol. The number of nitrogens with zero attached hydrogens (tertiary/aromatic N) is 1. The first-order valence-corrected chi connectivity index (χ1v) is 10.8. The molecule has 0 radical (unpaired) electrons. The lowest BCUT2D eigenvalue weighted by Gasteiger charge is -2.06. The first kappa shape index (κ1) is 20.6. The highest BCUT2D eigenvalue weighted by Gasteiger charge is 2.12. The number of hydrogen-bond donors (Lipinski definition) is 1. The zero-order valence-electron chi connectivity index (χ0n) is 16.8. The van der Waals surface area contributed by atoms with Crippen molar-refractivity contribution >= 4 is 21.3 Å². The van der Waals surface area contributed by atoms with Crippen LogP contribution in [0.5, 0.6) is 0 Å². The van der Waals surface area contributed by atoms with E-state index in [-0.39, 0.29) is 4.90 Å². The second-order valence-electron chi connectivity index (χ2n) is 6.93. The summed E-state index contributed by atoms with van der Waals surface area (Å²) in [7, 11) is -3.68. The quantitative estimate of drug-likeness (QED) is 0.440. The number of benzene rings is 3. The smallest absolute Gasteiger partial charge is 0.200 e. The monoisotopic (exact) mass is 404 g/mol. The predicted molar refractivity (Wildman–Crippen MR) is 120 cm³/mol. The molecule has 0 spiro atoms. The van der Waals surface area contributed by atoms with E-state index in [1.54, 1.807) is 31.2 Å². The van der Waals surface area contributed by atoms with Crippen LogP contribution in [0.3, 0.4) is 0 Å². The van der Waals surface area contributed by atoms with Gasteiger partial charge in [-0.25, -0.2) is 0 Å². The van der Waals surface area contributed by atoms with E-state index < -0.39 is 10.0 Å². The summed E-state index contributed by atoms with van der Waals surface area (Å²) >= 11 is 0. The largest absolute Gasteiger partial charge is 0.276 e. The second-order valence-corrected chi connectivity index (χ2v) is 8.59. The Bertz CT molecular complexity index is 1130.